The number of nitrogens with zero attached hydrogens (tertiary/aromatic N) is 1. The molecule has 1 aliphatic rings. The Morgan fingerprint density at radius 2 is 1.74 bits per heavy atom. The Kier molecular flexibility index (Phi) is 7.40. The van der Waals surface area contributed by atoms with Crippen LogP contribution < -0.4 is 4.74 Å². The summed E-state index contributed by atoms with van der Waals surface area (Å²) in [5, 5.41) is 0. The van der Waals surface area contributed by atoms with Crippen LogP contribution in [0.25, 0.3) is 0 Å². The number of esters is 1. The second-order valence-corrected chi connectivity index (χ2v) is 6.07. The lowest BCUT2D eigenvalue weighted by molar-refractivity contribution is 0.0466. The van der Waals surface area contributed by atoms with Crippen LogP contribution in [0.5, 0.6) is 5.75 Å². The smallest absolute Gasteiger partial charge is 0.338 e. The Labute approximate surface area is 139 Å². The van der Waals surface area contributed by atoms with Gasteiger partial charge in [-0.1, -0.05) is 20.3 Å². The van der Waals surface area contributed by atoms with Gasteiger partial charge in [0.2, 0.25) is 0 Å². The number of carbonyl (C=O) groups is 1. The van der Waals surface area contributed by atoms with Gasteiger partial charge in [0.1, 0.15) is 12.4 Å². The Morgan fingerprint density at radius 3 is 2.35 bits per heavy atom. The summed E-state index contributed by atoms with van der Waals surface area (Å²) in [4.78, 5) is 14.3. The average molecular weight is 319 g/mol. The second-order valence-electron chi connectivity index (χ2n) is 6.07. The summed E-state index contributed by atoms with van der Waals surface area (Å²) in [7, 11) is 0. The molecule has 1 aliphatic carbocycles. The molecule has 4 heteroatoms. The van der Waals surface area contributed by atoms with Gasteiger partial charge in [-0.15, -0.1) is 0 Å². The quantitative estimate of drug-likeness (QED) is 0.681. The summed E-state index contributed by atoms with van der Waals surface area (Å²) in [5.41, 5.74) is 0.584. The molecule has 0 spiro atoms. The zero-order valence-corrected chi connectivity index (χ0v) is 14.4. The minimum Gasteiger partial charge on any atom is -0.490 e. The van der Waals surface area contributed by atoms with E-state index in [1.807, 2.05) is 12.1 Å². The normalized spacial score (nSPS) is 15.6. The van der Waals surface area contributed by atoms with E-state index in [2.05, 4.69) is 18.7 Å². The van der Waals surface area contributed by atoms with Gasteiger partial charge in [-0.3, -0.25) is 0 Å². The number of carbonyl (C=O) groups excluding carboxylic acids is 1. The first-order valence-electron chi connectivity index (χ1n) is 8.89. The lowest BCUT2D eigenvalue weighted by Crippen LogP contribution is -2.27. The molecule has 0 unspecified atom stereocenters. The average Bonchev–Trinajstić information content (AvgIpc) is 2.60. The topological polar surface area (TPSA) is 38.8 Å². The molecule has 2 rings (SSSR count). The predicted molar refractivity (Wildman–Crippen MR) is 92.0 cm³/mol. The molecule has 0 bridgehead atoms. The lowest BCUT2D eigenvalue weighted by atomic mass is 9.98. The largest absolute Gasteiger partial charge is 0.490 e. The minimum atomic E-state index is -0.263. The van der Waals surface area contributed by atoms with Gasteiger partial charge in [0, 0.05) is 6.54 Å². The molecule has 1 fully saturated rings. The van der Waals surface area contributed by atoms with Crippen molar-refractivity contribution in [1.29, 1.82) is 0 Å². The highest BCUT2D eigenvalue weighted by molar-refractivity contribution is 5.89. The fourth-order valence-electron chi connectivity index (χ4n) is 2.94. The maximum atomic E-state index is 12.0. The number of rotatable bonds is 8. The first kappa shape index (κ1) is 17.8. The van der Waals surface area contributed by atoms with Crippen LogP contribution in [0.3, 0.4) is 0 Å². The molecule has 4 nitrogen and oxygen atoms in total. The molecule has 0 aromatic heterocycles. The Hall–Kier alpha value is -1.55. The van der Waals surface area contributed by atoms with Crippen molar-refractivity contribution in [1.82, 2.24) is 4.90 Å². The van der Waals surface area contributed by atoms with Crippen LogP contribution >= 0.6 is 0 Å². The first-order valence-corrected chi connectivity index (χ1v) is 8.89. The molecule has 1 saturated carbocycles. The SMILES string of the molecule is CCN(CC)CCOC(=O)c1ccc(OC2CCCCC2)cc1. The molecule has 0 heterocycles. The molecule has 1 aromatic rings. The predicted octanol–water partition coefficient (Wildman–Crippen LogP) is 3.90. The Bertz CT molecular complexity index is 462. The molecule has 0 atom stereocenters. The van der Waals surface area contributed by atoms with E-state index in [-0.39, 0.29) is 5.97 Å². The third-order valence-corrected chi connectivity index (χ3v) is 4.48. The van der Waals surface area contributed by atoms with Crippen LogP contribution in [-0.4, -0.2) is 43.2 Å². The van der Waals surface area contributed by atoms with Crippen molar-refractivity contribution in [3.8, 4) is 5.75 Å². The van der Waals surface area contributed by atoms with Crippen molar-refractivity contribution in [3.63, 3.8) is 0 Å². The van der Waals surface area contributed by atoms with E-state index in [1.54, 1.807) is 12.1 Å². The monoisotopic (exact) mass is 319 g/mol. The number of likely N-dealkylation sites (N-methyl/N-ethyl adjacent to an activating group) is 1. The molecule has 0 amide bonds. The van der Waals surface area contributed by atoms with Crippen LogP contribution in [-0.2, 0) is 4.74 Å². The number of ether oxygens (including phenoxy) is 2. The van der Waals surface area contributed by atoms with Crippen molar-refractivity contribution >= 4 is 5.97 Å². The standard InChI is InChI=1S/C19H29NO3/c1-3-20(4-2)14-15-22-19(21)16-10-12-18(13-11-16)23-17-8-6-5-7-9-17/h10-13,17H,3-9,14-15H2,1-2H3. The molecule has 23 heavy (non-hydrogen) atoms. The van der Waals surface area contributed by atoms with E-state index in [4.69, 9.17) is 9.47 Å². The minimum absolute atomic E-state index is 0.263. The summed E-state index contributed by atoms with van der Waals surface area (Å²) in [5.74, 6) is 0.581. The zero-order chi connectivity index (χ0) is 16.5. The number of benzene rings is 1. The number of hydrogen-bond acceptors (Lipinski definition) is 4. The van der Waals surface area contributed by atoms with Gasteiger partial charge < -0.3 is 14.4 Å². The van der Waals surface area contributed by atoms with E-state index < -0.39 is 0 Å². The number of hydrogen-bond donors (Lipinski definition) is 0. The fourth-order valence-corrected chi connectivity index (χ4v) is 2.94. The van der Waals surface area contributed by atoms with Crippen LogP contribution in [0.4, 0.5) is 0 Å². The van der Waals surface area contributed by atoms with Gasteiger partial charge in [0.15, 0.2) is 0 Å². The maximum absolute atomic E-state index is 12.0. The zero-order valence-electron chi connectivity index (χ0n) is 14.4. The summed E-state index contributed by atoms with van der Waals surface area (Å²) in [6, 6.07) is 7.32. The second kappa shape index (κ2) is 9.56. The summed E-state index contributed by atoms with van der Waals surface area (Å²) < 4.78 is 11.3. The molecule has 0 radical (unpaired) electrons. The summed E-state index contributed by atoms with van der Waals surface area (Å²) >= 11 is 0. The van der Waals surface area contributed by atoms with Crippen LogP contribution in [0, 0.1) is 0 Å². The van der Waals surface area contributed by atoms with Gasteiger partial charge in [-0.2, -0.15) is 0 Å². The van der Waals surface area contributed by atoms with E-state index in [1.165, 1.54) is 19.3 Å². The van der Waals surface area contributed by atoms with Crippen molar-refractivity contribution in [2.24, 2.45) is 0 Å². The first-order chi connectivity index (χ1) is 11.2. The van der Waals surface area contributed by atoms with Gasteiger partial charge >= 0.3 is 5.97 Å². The molecular formula is C19H29NO3. The maximum Gasteiger partial charge on any atom is 0.338 e. The van der Waals surface area contributed by atoms with Crippen LogP contribution in [0.2, 0.25) is 0 Å². The Morgan fingerprint density at radius 1 is 1.09 bits per heavy atom. The lowest BCUT2D eigenvalue weighted by Gasteiger charge is -2.23. The van der Waals surface area contributed by atoms with E-state index >= 15 is 0 Å². The van der Waals surface area contributed by atoms with Gasteiger partial charge in [0.25, 0.3) is 0 Å². The fraction of sp³-hybridized carbons (Fsp3) is 0.632. The van der Waals surface area contributed by atoms with Crippen molar-refractivity contribution < 1.29 is 14.3 Å². The molecule has 0 saturated heterocycles. The molecule has 0 N–H and O–H groups in total. The highest BCUT2D eigenvalue weighted by Gasteiger charge is 2.15. The third-order valence-electron chi connectivity index (χ3n) is 4.48. The van der Waals surface area contributed by atoms with E-state index in [0.29, 0.717) is 18.3 Å². The van der Waals surface area contributed by atoms with Crippen molar-refractivity contribution in [2.75, 3.05) is 26.2 Å². The molecule has 1 aromatic carbocycles. The van der Waals surface area contributed by atoms with Crippen LogP contribution in [0.1, 0.15) is 56.3 Å². The highest BCUT2D eigenvalue weighted by Crippen LogP contribution is 2.23. The molecular weight excluding hydrogens is 290 g/mol. The highest BCUT2D eigenvalue weighted by atomic mass is 16.5. The van der Waals surface area contributed by atoms with Crippen molar-refractivity contribution in [2.45, 2.75) is 52.1 Å². The summed E-state index contributed by atoms with van der Waals surface area (Å²) in [6.07, 6.45) is 6.42. The van der Waals surface area contributed by atoms with Crippen LogP contribution in [0.15, 0.2) is 24.3 Å². The molecule has 128 valence electrons. The Balaban J connectivity index is 1.77. The van der Waals surface area contributed by atoms with E-state index in [0.717, 1.165) is 38.2 Å². The summed E-state index contributed by atoms with van der Waals surface area (Å²) in [6.45, 7) is 7.37. The van der Waals surface area contributed by atoms with Gasteiger partial charge in [0.05, 0.1) is 11.7 Å². The van der Waals surface area contributed by atoms with Gasteiger partial charge in [-0.25, -0.2) is 4.79 Å². The van der Waals surface area contributed by atoms with Crippen molar-refractivity contribution in [3.05, 3.63) is 29.8 Å². The third kappa shape index (κ3) is 5.87. The van der Waals surface area contributed by atoms with Gasteiger partial charge in [-0.05, 0) is 63.0 Å². The molecule has 0 aliphatic heterocycles. The van der Waals surface area contributed by atoms with E-state index in [9.17, 15) is 4.79 Å².